The van der Waals surface area contributed by atoms with Crippen LogP contribution in [0.25, 0.3) is 11.3 Å². The van der Waals surface area contributed by atoms with E-state index in [9.17, 15) is 8.42 Å². The highest BCUT2D eigenvalue weighted by molar-refractivity contribution is 7.92. The van der Waals surface area contributed by atoms with Crippen molar-refractivity contribution in [1.29, 1.82) is 0 Å². The molecule has 0 spiro atoms. The minimum absolute atomic E-state index is 0.243. The van der Waals surface area contributed by atoms with Crippen LogP contribution in [0.4, 0.5) is 5.69 Å². The van der Waals surface area contributed by atoms with Crippen molar-refractivity contribution in [2.45, 2.75) is 32.1 Å². The molecule has 0 radical (unpaired) electrons. The standard InChI is InChI=1S/C19H20N2O3S/c1-4-15-5-8-17(9-6-15)21-25(22,23)19-10-7-16(11-13(19)2)18-12-14(3)20-24-18/h5-12,21H,4H2,1-3H3. The van der Waals surface area contributed by atoms with Gasteiger partial charge in [0.2, 0.25) is 0 Å². The van der Waals surface area contributed by atoms with Crippen LogP contribution in [-0.4, -0.2) is 13.6 Å². The summed E-state index contributed by atoms with van der Waals surface area (Å²) in [5.41, 5.74) is 3.92. The van der Waals surface area contributed by atoms with Crippen LogP contribution < -0.4 is 4.72 Å². The Morgan fingerprint density at radius 3 is 2.32 bits per heavy atom. The summed E-state index contributed by atoms with van der Waals surface area (Å²) in [6.45, 7) is 5.66. The number of sulfonamides is 1. The fraction of sp³-hybridized carbons (Fsp3) is 0.211. The number of nitrogens with zero attached hydrogens (tertiary/aromatic N) is 1. The van der Waals surface area contributed by atoms with E-state index >= 15 is 0 Å². The zero-order valence-corrected chi connectivity index (χ0v) is 15.2. The van der Waals surface area contributed by atoms with Crippen molar-refractivity contribution in [2.24, 2.45) is 0 Å². The zero-order chi connectivity index (χ0) is 18.0. The first-order valence-electron chi connectivity index (χ1n) is 8.05. The van der Waals surface area contributed by atoms with Gasteiger partial charge in [0.1, 0.15) is 0 Å². The first-order chi connectivity index (χ1) is 11.9. The Morgan fingerprint density at radius 2 is 1.76 bits per heavy atom. The van der Waals surface area contributed by atoms with Crippen LogP contribution in [0, 0.1) is 13.8 Å². The lowest BCUT2D eigenvalue weighted by atomic mass is 10.1. The van der Waals surface area contributed by atoms with Crippen molar-refractivity contribution in [3.05, 3.63) is 65.4 Å². The molecule has 0 aliphatic carbocycles. The summed E-state index contributed by atoms with van der Waals surface area (Å²) >= 11 is 0. The number of aromatic nitrogens is 1. The second kappa shape index (κ2) is 6.72. The maximum atomic E-state index is 12.7. The molecular weight excluding hydrogens is 336 g/mol. The van der Waals surface area contributed by atoms with Crippen LogP contribution >= 0.6 is 0 Å². The van der Waals surface area contributed by atoms with Crippen molar-refractivity contribution >= 4 is 15.7 Å². The van der Waals surface area contributed by atoms with E-state index in [4.69, 9.17) is 4.52 Å². The third kappa shape index (κ3) is 3.74. The summed E-state index contributed by atoms with van der Waals surface area (Å²) in [5.74, 6) is 0.618. The highest BCUT2D eigenvalue weighted by Gasteiger charge is 2.18. The Bertz CT molecular complexity index is 990. The van der Waals surface area contributed by atoms with E-state index in [0.29, 0.717) is 17.0 Å². The van der Waals surface area contributed by atoms with Crippen LogP contribution in [0.1, 0.15) is 23.7 Å². The lowest BCUT2D eigenvalue weighted by Crippen LogP contribution is -2.14. The smallest absolute Gasteiger partial charge is 0.262 e. The van der Waals surface area contributed by atoms with Gasteiger partial charge in [0.15, 0.2) is 5.76 Å². The van der Waals surface area contributed by atoms with Crippen LogP contribution in [0.3, 0.4) is 0 Å². The molecule has 1 heterocycles. The van der Waals surface area contributed by atoms with Crippen molar-refractivity contribution in [3.63, 3.8) is 0 Å². The lowest BCUT2D eigenvalue weighted by molar-refractivity contribution is 0.427. The molecule has 0 saturated carbocycles. The van der Waals surface area contributed by atoms with E-state index in [-0.39, 0.29) is 4.90 Å². The number of rotatable bonds is 5. The van der Waals surface area contributed by atoms with E-state index in [2.05, 4.69) is 16.8 Å². The molecule has 0 fully saturated rings. The Labute approximate surface area is 147 Å². The predicted molar refractivity (Wildman–Crippen MR) is 98.0 cm³/mol. The Balaban J connectivity index is 1.88. The number of hydrogen-bond donors (Lipinski definition) is 1. The third-order valence-electron chi connectivity index (χ3n) is 3.99. The van der Waals surface area contributed by atoms with Gasteiger partial charge in [-0.25, -0.2) is 8.42 Å². The SMILES string of the molecule is CCc1ccc(NS(=O)(=O)c2ccc(-c3cc(C)no3)cc2C)cc1. The largest absolute Gasteiger partial charge is 0.356 e. The average molecular weight is 356 g/mol. The Morgan fingerprint density at radius 1 is 1.04 bits per heavy atom. The molecule has 0 unspecified atom stereocenters. The molecule has 3 aromatic rings. The van der Waals surface area contributed by atoms with Crippen molar-refractivity contribution in [2.75, 3.05) is 4.72 Å². The van der Waals surface area contributed by atoms with Crippen molar-refractivity contribution < 1.29 is 12.9 Å². The summed E-state index contributed by atoms with van der Waals surface area (Å²) in [4.78, 5) is 0.243. The summed E-state index contributed by atoms with van der Waals surface area (Å²) in [7, 11) is -3.65. The van der Waals surface area contributed by atoms with Gasteiger partial charge in [0, 0.05) is 17.3 Å². The van der Waals surface area contributed by atoms with Gasteiger partial charge in [0.25, 0.3) is 10.0 Å². The maximum Gasteiger partial charge on any atom is 0.262 e. The van der Waals surface area contributed by atoms with E-state index in [1.165, 1.54) is 0 Å². The van der Waals surface area contributed by atoms with Crippen LogP contribution in [0.5, 0.6) is 0 Å². The van der Waals surface area contributed by atoms with E-state index in [1.54, 1.807) is 37.3 Å². The topological polar surface area (TPSA) is 72.2 Å². The van der Waals surface area contributed by atoms with E-state index in [0.717, 1.165) is 23.2 Å². The molecule has 6 heteroatoms. The monoisotopic (exact) mass is 356 g/mol. The zero-order valence-electron chi connectivity index (χ0n) is 14.4. The first kappa shape index (κ1) is 17.2. The first-order valence-corrected chi connectivity index (χ1v) is 9.53. The minimum atomic E-state index is -3.65. The summed E-state index contributed by atoms with van der Waals surface area (Å²) in [6, 6.07) is 14.3. The predicted octanol–water partition coefficient (Wildman–Crippen LogP) is 4.32. The number of anilines is 1. The van der Waals surface area contributed by atoms with Crippen LogP contribution in [0.15, 0.2) is 57.9 Å². The van der Waals surface area contributed by atoms with Crippen LogP contribution in [-0.2, 0) is 16.4 Å². The molecule has 0 saturated heterocycles. The summed E-state index contributed by atoms with van der Waals surface area (Å²) in [5, 5.41) is 3.86. The maximum absolute atomic E-state index is 12.7. The highest BCUT2D eigenvalue weighted by Crippen LogP contribution is 2.26. The van der Waals surface area contributed by atoms with E-state index in [1.807, 2.05) is 25.1 Å². The van der Waals surface area contributed by atoms with Gasteiger partial charge in [0.05, 0.1) is 10.6 Å². The second-order valence-electron chi connectivity index (χ2n) is 5.97. The quantitative estimate of drug-likeness (QED) is 0.739. The molecule has 0 aliphatic rings. The Kier molecular flexibility index (Phi) is 4.63. The molecule has 25 heavy (non-hydrogen) atoms. The molecule has 2 aromatic carbocycles. The Hall–Kier alpha value is -2.60. The summed E-state index contributed by atoms with van der Waals surface area (Å²) in [6.07, 6.45) is 0.911. The molecule has 0 atom stereocenters. The molecule has 130 valence electrons. The summed E-state index contributed by atoms with van der Waals surface area (Å²) < 4.78 is 33.2. The molecule has 0 aliphatic heterocycles. The van der Waals surface area contributed by atoms with Gasteiger partial charge in [-0.05, 0) is 61.7 Å². The number of nitrogens with one attached hydrogen (secondary N) is 1. The van der Waals surface area contributed by atoms with Gasteiger partial charge in [-0.15, -0.1) is 0 Å². The molecule has 1 N–H and O–H groups in total. The molecule has 3 rings (SSSR count). The second-order valence-corrected chi connectivity index (χ2v) is 7.62. The molecule has 0 bridgehead atoms. The van der Waals surface area contributed by atoms with Crippen molar-refractivity contribution in [3.8, 4) is 11.3 Å². The van der Waals surface area contributed by atoms with Gasteiger partial charge in [-0.3, -0.25) is 4.72 Å². The molecule has 0 amide bonds. The fourth-order valence-corrected chi connectivity index (χ4v) is 3.91. The van der Waals surface area contributed by atoms with Crippen LogP contribution in [0.2, 0.25) is 0 Å². The number of hydrogen-bond acceptors (Lipinski definition) is 4. The average Bonchev–Trinajstić information content (AvgIpc) is 3.01. The van der Waals surface area contributed by atoms with Gasteiger partial charge in [-0.1, -0.05) is 24.2 Å². The minimum Gasteiger partial charge on any atom is -0.356 e. The van der Waals surface area contributed by atoms with Gasteiger partial charge >= 0.3 is 0 Å². The van der Waals surface area contributed by atoms with Gasteiger partial charge in [-0.2, -0.15) is 0 Å². The van der Waals surface area contributed by atoms with E-state index < -0.39 is 10.0 Å². The molecule has 1 aromatic heterocycles. The number of benzene rings is 2. The molecule has 5 nitrogen and oxygen atoms in total. The lowest BCUT2D eigenvalue weighted by Gasteiger charge is -2.11. The molecular formula is C19H20N2O3S. The fourth-order valence-electron chi connectivity index (χ4n) is 2.62. The highest BCUT2D eigenvalue weighted by atomic mass is 32.2. The van der Waals surface area contributed by atoms with Crippen molar-refractivity contribution in [1.82, 2.24) is 5.16 Å². The number of aryl methyl sites for hydroxylation is 3. The normalized spacial score (nSPS) is 11.5. The van der Waals surface area contributed by atoms with Gasteiger partial charge < -0.3 is 4.52 Å². The third-order valence-corrected chi connectivity index (χ3v) is 5.53.